The third-order valence-corrected chi connectivity index (χ3v) is 4.73. The van der Waals surface area contributed by atoms with E-state index >= 15 is 0 Å². The molecule has 1 aliphatic rings. The first-order valence-corrected chi connectivity index (χ1v) is 9.32. The summed E-state index contributed by atoms with van der Waals surface area (Å²) >= 11 is 0. The smallest absolute Gasteiger partial charge is 0.255 e. The molecular weight excluding hydrogens is 342 g/mol. The predicted molar refractivity (Wildman–Crippen MR) is 102 cm³/mol. The zero-order chi connectivity index (χ0) is 18.6. The number of aromatic nitrogens is 2. The quantitative estimate of drug-likeness (QED) is 0.722. The Labute approximate surface area is 158 Å². The first kappa shape index (κ1) is 17.5. The van der Waals surface area contributed by atoms with Crippen LogP contribution in [0.4, 0.5) is 0 Å². The molecule has 3 heterocycles. The Hall–Kier alpha value is -2.86. The van der Waals surface area contributed by atoms with Crippen molar-refractivity contribution in [3.05, 3.63) is 60.0 Å². The van der Waals surface area contributed by atoms with E-state index in [1.54, 1.807) is 10.9 Å². The van der Waals surface area contributed by atoms with Crippen LogP contribution in [0.2, 0.25) is 0 Å². The molecular formula is C21H23N3O3. The molecule has 1 saturated heterocycles. The largest absolute Gasteiger partial charge is 0.460 e. The van der Waals surface area contributed by atoms with Crippen molar-refractivity contribution < 1.29 is 13.9 Å². The maximum absolute atomic E-state index is 12.8. The summed E-state index contributed by atoms with van der Waals surface area (Å²) in [7, 11) is 0. The lowest BCUT2D eigenvalue weighted by Crippen LogP contribution is -2.27. The van der Waals surface area contributed by atoms with Gasteiger partial charge in [-0.05, 0) is 50.5 Å². The Morgan fingerprint density at radius 2 is 2.11 bits per heavy atom. The first-order valence-electron chi connectivity index (χ1n) is 9.32. The molecule has 4 rings (SSSR count). The highest BCUT2D eigenvalue weighted by Gasteiger charge is 2.21. The minimum atomic E-state index is -0.153. The van der Waals surface area contributed by atoms with Gasteiger partial charge in [-0.1, -0.05) is 18.2 Å². The van der Waals surface area contributed by atoms with Gasteiger partial charge >= 0.3 is 0 Å². The molecule has 6 nitrogen and oxygen atoms in total. The van der Waals surface area contributed by atoms with Gasteiger partial charge in [-0.3, -0.25) is 4.79 Å². The Morgan fingerprint density at radius 1 is 1.26 bits per heavy atom. The number of rotatable bonds is 6. The van der Waals surface area contributed by atoms with Crippen molar-refractivity contribution in [3.8, 4) is 17.1 Å². The van der Waals surface area contributed by atoms with E-state index < -0.39 is 0 Å². The summed E-state index contributed by atoms with van der Waals surface area (Å²) in [4.78, 5) is 12.8. The van der Waals surface area contributed by atoms with Gasteiger partial charge in [-0.15, -0.1) is 0 Å². The zero-order valence-corrected chi connectivity index (χ0v) is 15.4. The summed E-state index contributed by atoms with van der Waals surface area (Å²) in [6.07, 6.45) is 5.01. The number of hydrogen-bond acceptors (Lipinski definition) is 4. The molecule has 1 aliphatic heterocycles. The number of carbonyl (C=O) groups excluding carboxylic acids is 1. The number of hydrogen-bond donors (Lipinski definition) is 1. The van der Waals surface area contributed by atoms with Crippen molar-refractivity contribution >= 4 is 5.91 Å². The second kappa shape index (κ2) is 7.80. The maximum Gasteiger partial charge on any atom is 0.255 e. The lowest BCUT2D eigenvalue weighted by Gasteiger charge is -2.09. The van der Waals surface area contributed by atoms with Gasteiger partial charge in [-0.25, -0.2) is 4.68 Å². The molecule has 0 bridgehead atoms. The highest BCUT2D eigenvalue weighted by atomic mass is 16.5. The van der Waals surface area contributed by atoms with Crippen molar-refractivity contribution in [3.63, 3.8) is 0 Å². The first-order chi connectivity index (χ1) is 13.2. The van der Waals surface area contributed by atoms with E-state index in [-0.39, 0.29) is 12.0 Å². The number of nitrogens with one attached hydrogen (secondary N) is 1. The van der Waals surface area contributed by atoms with Crippen LogP contribution in [0.25, 0.3) is 17.1 Å². The molecule has 1 aromatic carbocycles. The maximum atomic E-state index is 12.8. The topological polar surface area (TPSA) is 69.3 Å². The van der Waals surface area contributed by atoms with Gasteiger partial charge in [-0.2, -0.15) is 5.10 Å². The number of carbonyl (C=O) groups is 1. The van der Waals surface area contributed by atoms with Gasteiger partial charge in [0.15, 0.2) is 5.76 Å². The summed E-state index contributed by atoms with van der Waals surface area (Å²) in [5.74, 6) is 1.22. The summed E-state index contributed by atoms with van der Waals surface area (Å²) in [6, 6.07) is 13.4. The van der Waals surface area contributed by atoms with E-state index in [0.717, 1.165) is 37.3 Å². The summed E-state index contributed by atoms with van der Waals surface area (Å²) in [6.45, 7) is 3.28. The molecule has 1 N–H and O–H groups in total. The van der Waals surface area contributed by atoms with Crippen LogP contribution < -0.4 is 5.32 Å². The average molecular weight is 365 g/mol. The minimum absolute atomic E-state index is 0.153. The van der Waals surface area contributed by atoms with Crippen LogP contribution in [0.15, 0.2) is 53.1 Å². The molecule has 140 valence electrons. The number of para-hydroxylation sites is 1. The van der Waals surface area contributed by atoms with Crippen molar-refractivity contribution in [2.75, 3.05) is 13.2 Å². The van der Waals surface area contributed by atoms with Crippen molar-refractivity contribution in [1.29, 1.82) is 0 Å². The Balaban J connectivity index is 1.57. The SMILES string of the molecule is Cc1ccc(-c2nn(-c3ccccc3)cc2C(=O)NCCC2CCCO2)o1. The molecule has 3 aromatic rings. The molecule has 1 fully saturated rings. The fraction of sp³-hybridized carbons (Fsp3) is 0.333. The predicted octanol–water partition coefficient (Wildman–Crippen LogP) is 3.74. The summed E-state index contributed by atoms with van der Waals surface area (Å²) in [5.41, 5.74) is 1.93. The third-order valence-electron chi connectivity index (χ3n) is 4.73. The molecule has 1 unspecified atom stereocenters. The van der Waals surface area contributed by atoms with Crippen LogP contribution in [-0.2, 0) is 4.74 Å². The lowest BCUT2D eigenvalue weighted by molar-refractivity contribution is 0.0907. The van der Waals surface area contributed by atoms with Gasteiger partial charge in [0.2, 0.25) is 0 Å². The second-order valence-corrected chi connectivity index (χ2v) is 6.76. The van der Waals surface area contributed by atoms with Crippen LogP contribution in [0.1, 0.15) is 35.4 Å². The molecule has 2 aromatic heterocycles. The van der Waals surface area contributed by atoms with E-state index in [0.29, 0.717) is 23.6 Å². The Bertz CT molecular complexity index is 908. The minimum Gasteiger partial charge on any atom is -0.460 e. The lowest BCUT2D eigenvalue weighted by atomic mass is 10.1. The van der Waals surface area contributed by atoms with Crippen LogP contribution in [0.3, 0.4) is 0 Å². The Morgan fingerprint density at radius 3 is 2.81 bits per heavy atom. The molecule has 0 saturated carbocycles. The second-order valence-electron chi connectivity index (χ2n) is 6.76. The highest BCUT2D eigenvalue weighted by Crippen LogP contribution is 2.25. The molecule has 0 aliphatic carbocycles. The standard InChI is InChI=1S/C21H23N3O3/c1-15-9-10-19(27-15)20-18(14-24(23-20)16-6-3-2-4-7-16)21(25)22-12-11-17-8-5-13-26-17/h2-4,6-7,9-10,14,17H,5,8,11-13H2,1H3,(H,22,25). The van der Waals surface area contributed by atoms with Crippen molar-refractivity contribution in [2.45, 2.75) is 32.3 Å². The molecule has 1 atom stereocenters. The van der Waals surface area contributed by atoms with Gasteiger partial charge in [0.05, 0.1) is 17.4 Å². The molecule has 0 spiro atoms. The number of ether oxygens (including phenoxy) is 1. The molecule has 1 amide bonds. The molecule has 0 radical (unpaired) electrons. The van der Waals surface area contributed by atoms with Gasteiger partial charge < -0.3 is 14.5 Å². The van der Waals surface area contributed by atoms with Gasteiger partial charge in [0, 0.05) is 19.3 Å². The fourth-order valence-corrected chi connectivity index (χ4v) is 3.31. The van der Waals surface area contributed by atoms with Crippen LogP contribution in [0.5, 0.6) is 0 Å². The number of aryl methyl sites for hydroxylation is 1. The number of benzene rings is 1. The number of furan rings is 1. The van der Waals surface area contributed by atoms with Crippen molar-refractivity contribution in [2.24, 2.45) is 0 Å². The summed E-state index contributed by atoms with van der Waals surface area (Å²) < 4.78 is 13.0. The Kier molecular flexibility index (Phi) is 5.07. The number of amides is 1. The van der Waals surface area contributed by atoms with Gasteiger partial charge in [0.1, 0.15) is 11.5 Å². The normalized spacial score (nSPS) is 16.6. The van der Waals surface area contributed by atoms with Crippen molar-refractivity contribution in [1.82, 2.24) is 15.1 Å². The van der Waals surface area contributed by atoms with E-state index in [1.807, 2.05) is 49.4 Å². The van der Waals surface area contributed by atoms with Crippen LogP contribution in [-0.4, -0.2) is 34.9 Å². The average Bonchev–Trinajstić information content (AvgIpc) is 3.42. The molecule has 27 heavy (non-hydrogen) atoms. The number of nitrogens with zero attached hydrogens (tertiary/aromatic N) is 2. The highest BCUT2D eigenvalue weighted by molar-refractivity contribution is 5.99. The zero-order valence-electron chi connectivity index (χ0n) is 15.4. The fourth-order valence-electron chi connectivity index (χ4n) is 3.31. The third kappa shape index (κ3) is 3.95. The van der Waals surface area contributed by atoms with E-state index in [1.165, 1.54) is 0 Å². The van der Waals surface area contributed by atoms with Crippen LogP contribution in [0, 0.1) is 6.92 Å². The molecule has 6 heteroatoms. The van der Waals surface area contributed by atoms with E-state index in [4.69, 9.17) is 9.15 Å². The van der Waals surface area contributed by atoms with Crippen LogP contribution >= 0.6 is 0 Å². The summed E-state index contributed by atoms with van der Waals surface area (Å²) in [5, 5.41) is 7.60. The monoisotopic (exact) mass is 365 g/mol. The van der Waals surface area contributed by atoms with Gasteiger partial charge in [0.25, 0.3) is 5.91 Å². The van der Waals surface area contributed by atoms with E-state index in [2.05, 4.69) is 10.4 Å². The van der Waals surface area contributed by atoms with E-state index in [9.17, 15) is 4.79 Å².